The van der Waals surface area contributed by atoms with Gasteiger partial charge in [-0.15, -0.1) is 0 Å². The minimum atomic E-state index is 0.0850. The van der Waals surface area contributed by atoms with Gasteiger partial charge in [0.25, 0.3) is 0 Å². The Hall–Kier alpha value is -2.60. The molecular weight excluding hydrogens is 346 g/mol. The third kappa shape index (κ3) is 4.52. The summed E-state index contributed by atoms with van der Waals surface area (Å²) in [4.78, 5) is 4.68. The molecule has 2 N–H and O–H groups in total. The standard InChI is InChI=1S/C20H23N3O2S/c1-2-3-4-7-12-23(20-22-17-8-5-6-9-19(17)26-20)21-14-15-13-16(24)10-11-18(15)25/h5-6,8-11,13-14,24-25H,2-4,7,12H2,1H3/b21-14+. The van der Waals surface area contributed by atoms with Gasteiger partial charge in [0.2, 0.25) is 5.13 Å². The van der Waals surface area contributed by atoms with Crippen molar-refractivity contribution >= 4 is 32.9 Å². The topological polar surface area (TPSA) is 69.0 Å². The molecule has 3 rings (SSSR count). The number of phenolic OH excluding ortho intramolecular Hbond substituents is 2. The van der Waals surface area contributed by atoms with Crippen LogP contribution in [0.4, 0.5) is 5.13 Å². The first-order chi connectivity index (χ1) is 12.7. The van der Waals surface area contributed by atoms with Gasteiger partial charge in [0.1, 0.15) is 11.5 Å². The molecule has 0 aliphatic carbocycles. The van der Waals surface area contributed by atoms with Crippen LogP contribution in [0.3, 0.4) is 0 Å². The molecule has 0 bridgehead atoms. The first-order valence-electron chi connectivity index (χ1n) is 8.86. The van der Waals surface area contributed by atoms with Gasteiger partial charge in [-0.2, -0.15) is 5.10 Å². The fourth-order valence-corrected chi connectivity index (χ4v) is 3.59. The Morgan fingerprint density at radius 2 is 1.96 bits per heavy atom. The largest absolute Gasteiger partial charge is 0.508 e. The number of anilines is 1. The zero-order valence-electron chi connectivity index (χ0n) is 14.8. The highest BCUT2D eigenvalue weighted by Gasteiger charge is 2.11. The number of fused-ring (bicyclic) bond motifs is 1. The van der Waals surface area contributed by atoms with Crippen LogP contribution in [0.1, 0.15) is 38.2 Å². The van der Waals surface area contributed by atoms with E-state index in [0.29, 0.717) is 5.56 Å². The molecular formula is C20H23N3O2S. The van der Waals surface area contributed by atoms with Crippen molar-refractivity contribution in [1.82, 2.24) is 4.98 Å². The first-order valence-corrected chi connectivity index (χ1v) is 9.68. The molecule has 1 aromatic heterocycles. The van der Waals surface area contributed by atoms with Crippen LogP contribution in [-0.2, 0) is 0 Å². The SMILES string of the molecule is CCCCCCN(/N=C/c1cc(O)ccc1O)c1nc2ccccc2s1. The molecule has 0 aliphatic rings. The van der Waals surface area contributed by atoms with Gasteiger partial charge in [-0.25, -0.2) is 9.99 Å². The summed E-state index contributed by atoms with van der Waals surface area (Å²) in [6.07, 6.45) is 6.12. The summed E-state index contributed by atoms with van der Waals surface area (Å²) in [7, 11) is 0. The molecule has 0 saturated carbocycles. The van der Waals surface area contributed by atoms with Crippen molar-refractivity contribution in [3.05, 3.63) is 48.0 Å². The van der Waals surface area contributed by atoms with Crippen molar-refractivity contribution in [3.8, 4) is 11.5 Å². The highest BCUT2D eigenvalue weighted by atomic mass is 32.1. The number of thiazole rings is 1. The van der Waals surface area contributed by atoms with Gasteiger partial charge < -0.3 is 10.2 Å². The van der Waals surface area contributed by atoms with Crippen LogP contribution >= 0.6 is 11.3 Å². The van der Waals surface area contributed by atoms with Crippen LogP contribution in [0.15, 0.2) is 47.6 Å². The number of nitrogens with zero attached hydrogens (tertiary/aromatic N) is 3. The minimum absolute atomic E-state index is 0.0850. The number of hydrogen-bond acceptors (Lipinski definition) is 6. The molecule has 1 heterocycles. The third-order valence-electron chi connectivity index (χ3n) is 4.07. The van der Waals surface area contributed by atoms with Crippen LogP contribution in [0, 0.1) is 0 Å². The Morgan fingerprint density at radius 1 is 1.12 bits per heavy atom. The molecule has 0 spiro atoms. The third-order valence-corrected chi connectivity index (χ3v) is 5.12. The van der Waals surface area contributed by atoms with E-state index < -0.39 is 0 Å². The molecule has 26 heavy (non-hydrogen) atoms. The van der Waals surface area contributed by atoms with E-state index in [4.69, 9.17) is 0 Å². The Morgan fingerprint density at radius 3 is 2.77 bits per heavy atom. The van der Waals surface area contributed by atoms with E-state index >= 15 is 0 Å². The number of unbranched alkanes of at least 4 members (excludes halogenated alkanes) is 3. The average molecular weight is 369 g/mol. The lowest BCUT2D eigenvalue weighted by Gasteiger charge is -2.15. The maximum atomic E-state index is 9.94. The molecule has 2 aromatic carbocycles. The van der Waals surface area contributed by atoms with Gasteiger partial charge in [0.05, 0.1) is 16.4 Å². The summed E-state index contributed by atoms with van der Waals surface area (Å²) < 4.78 is 1.12. The van der Waals surface area contributed by atoms with E-state index in [2.05, 4.69) is 23.1 Å². The average Bonchev–Trinajstić information content (AvgIpc) is 3.07. The van der Waals surface area contributed by atoms with Gasteiger partial charge in [-0.1, -0.05) is 49.7 Å². The number of hydrogen-bond donors (Lipinski definition) is 2. The lowest BCUT2D eigenvalue weighted by molar-refractivity contribution is 0.459. The number of rotatable bonds is 8. The van der Waals surface area contributed by atoms with E-state index in [1.54, 1.807) is 17.6 Å². The van der Waals surface area contributed by atoms with E-state index in [1.807, 2.05) is 23.2 Å². The fourth-order valence-electron chi connectivity index (χ4n) is 2.64. The normalized spacial score (nSPS) is 11.4. The molecule has 3 aromatic rings. The molecule has 0 fully saturated rings. The van der Waals surface area contributed by atoms with Crippen LogP contribution in [-0.4, -0.2) is 28.0 Å². The Balaban J connectivity index is 1.84. The molecule has 0 aliphatic heterocycles. The zero-order valence-corrected chi connectivity index (χ0v) is 15.6. The Labute approximate surface area is 157 Å². The van der Waals surface area contributed by atoms with Gasteiger partial charge in [-0.05, 0) is 36.8 Å². The molecule has 0 atom stereocenters. The van der Waals surface area contributed by atoms with Crippen molar-refractivity contribution in [1.29, 1.82) is 0 Å². The van der Waals surface area contributed by atoms with E-state index in [9.17, 15) is 10.2 Å². The fraction of sp³-hybridized carbons (Fsp3) is 0.300. The Kier molecular flexibility index (Phi) is 6.07. The maximum Gasteiger partial charge on any atom is 0.207 e. The van der Waals surface area contributed by atoms with Gasteiger partial charge in [-0.3, -0.25) is 0 Å². The number of benzene rings is 2. The van der Waals surface area contributed by atoms with Gasteiger partial charge >= 0.3 is 0 Å². The van der Waals surface area contributed by atoms with Crippen molar-refractivity contribution in [2.24, 2.45) is 5.10 Å². The summed E-state index contributed by atoms with van der Waals surface area (Å²) in [6, 6.07) is 12.4. The summed E-state index contributed by atoms with van der Waals surface area (Å²) in [5.74, 6) is 0.181. The molecule has 0 unspecified atom stereocenters. The molecule has 136 valence electrons. The predicted molar refractivity (Wildman–Crippen MR) is 108 cm³/mol. The van der Waals surface area contributed by atoms with Crippen LogP contribution < -0.4 is 5.01 Å². The Bertz CT molecular complexity index is 859. The maximum absolute atomic E-state index is 9.94. The second-order valence-corrected chi connectivity index (χ2v) is 7.14. The lowest BCUT2D eigenvalue weighted by Crippen LogP contribution is -2.18. The van der Waals surface area contributed by atoms with Crippen LogP contribution in [0.2, 0.25) is 0 Å². The summed E-state index contributed by atoms with van der Waals surface area (Å²) in [6.45, 7) is 2.95. The monoisotopic (exact) mass is 369 g/mol. The first kappa shape index (κ1) is 18.2. The number of hydrazone groups is 1. The smallest absolute Gasteiger partial charge is 0.207 e. The highest BCUT2D eigenvalue weighted by molar-refractivity contribution is 7.22. The summed E-state index contributed by atoms with van der Waals surface area (Å²) in [5, 5.41) is 26.8. The minimum Gasteiger partial charge on any atom is -0.508 e. The van der Waals surface area contributed by atoms with Crippen molar-refractivity contribution in [3.63, 3.8) is 0 Å². The van der Waals surface area contributed by atoms with Gasteiger partial charge in [0.15, 0.2) is 0 Å². The van der Waals surface area contributed by atoms with Crippen molar-refractivity contribution < 1.29 is 10.2 Å². The molecule has 0 saturated heterocycles. The number of aromatic nitrogens is 1. The van der Waals surface area contributed by atoms with E-state index in [1.165, 1.54) is 31.0 Å². The zero-order chi connectivity index (χ0) is 18.4. The molecule has 6 heteroatoms. The predicted octanol–water partition coefficient (Wildman–Crippen LogP) is 5.13. The summed E-state index contributed by atoms with van der Waals surface area (Å²) in [5.41, 5.74) is 1.44. The number of para-hydroxylation sites is 1. The second-order valence-electron chi connectivity index (χ2n) is 6.14. The van der Waals surface area contributed by atoms with Crippen LogP contribution in [0.25, 0.3) is 10.2 Å². The van der Waals surface area contributed by atoms with Crippen LogP contribution in [0.5, 0.6) is 11.5 Å². The lowest BCUT2D eigenvalue weighted by atomic mass is 10.2. The van der Waals surface area contributed by atoms with Gasteiger partial charge in [0, 0.05) is 12.1 Å². The summed E-state index contributed by atoms with van der Waals surface area (Å²) >= 11 is 1.60. The van der Waals surface area contributed by atoms with Crippen molar-refractivity contribution in [2.45, 2.75) is 32.6 Å². The molecule has 0 radical (unpaired) electrons. The number of phenols is 2. The quantitative estimate of drug-likeness (QED) is 0.250. The van der Waals surface area contributed by atoms with Crippen molar-refractivity contribution in [2.75, 3.05) is 11.6 Å². The molecule has 5 nitrogen and oxygen atoms in total. The second kappa shape index (κ2) is 8.67. The number of aromatic hydroxyl groups is 2. The molecule has 0 amide bonds. The highest BCUT2D eigenvalue weighted by Crippen LogP contribution is 2.29. The van der Waals surface area contributed by atoms with E-state index in [-0.39, 0.29) is 11.5 Å². The van der Waals surface area contributed by atoms with E-state index in [0.717, 1.165) is 34.7 Å².